The third kappa shape index (κ3) is 3.16. The summed E-state index contributed by atoms with van der Waals surface area (Å²) < 4.78 is 21.8. The number of esters is 1. The lowest BCUT2D eigenvalue weighted by atomic mass is 10.2. The lowest BCUT2D eigenvalue weighted by Gasteiger charge is -2.06. The van der Waals surface area contributed by atoms with Gasteiger partial charge in [0.15, 0.2) is 5.69 Å². The quantitative estimate of drug-likeness (QED) is 0.489. The molecule has 0 saturated carbocycles. The normalized spacial score (nSPS) is 12.8. The first-order chi connectivity index (χ1) is 14.6. The van der Waals surface area contributed by atoms with Crippen molar-refractivity contribution in [3.8, 4) is 5.69 Å². The molecule has 0 N–H and O–H groups in total. The van der Waals surface area contributed by atoms with Crippen molar-refractivity contribution in [2.24, 2.45) is 0 Å². The van der Waals surface area contributed by atoms with E-state index in [1.54, 1.807) is 41.2 Å². The van der Waals surface area contributed by atoms with Gasteiger partial charge < -0.3 is 4.74 Å². The predicted octanol–water partition coefficient (Wildman–Crippen LogP) is 2.87. The Morgan fingerprint density at radius 2 is 1.97 bits per heavy atom. The molecule has 3 aromatic heterocycles. The summed E-state index contributed by atoms with van der Waals surface area (Å²) in [7, 11) is 0. The van der Waals surface area contributed by atoms with Crippen molar-refractivity contribution in [3.05, 3.63) is 93.5 Å². The van der Waals surface area contributed by atoms with Gasteiger partial charge in [0.05, 0.1) is 11.4 Å². The van der Waals surface area contributed by atoms with Crippen LogP contribution in [0.3, 0.4) is 0 Å². The number of hydrogen-bond donors (Lipinski definition) is 0. The molecule has 8 heteroatoms. The Bertz CT molecular complexity index is 1320. The molecule has 7 nitrogen and oxygen atoms in total. The van der Waals surface area contributed by atoms with Gasteiger partial charge in [-0.15, -0.1) is 0 Å². The SMILES string of the molecule is O=C(OCc1cc(=O)n2ccccc2n1)c1nn(-c2ccc(F)cc2)c2c1CCC2. The highest BCUT2D eigenvalue weighted by Gasteiger charge is 2.28. The Kier molecular flexibility index (Phi) is 4.39. The summed E-state index contributed by atoms with van der Waals surface area (Å²) >= 11 is 0. The number of ether oxygens (including phenoxy) is 1. The average molecular weight is 404 g/mol. The number of carbonyl (C=O) groups excluding carboxylic acids is 1. The average Bonchev–Trinajstić information content (AvgIpc) is 3.36. The van der Waals surface area contributed by atoms with Gasteiger partial charge in [0, 0.05) is 23.5 Å². The maximum atomic E-state index is 13.3. The van der Waals surface area contributed by atoms with E-state index in [0.717, 1.165) is 30.5 Å². The predicted molar refractivity (Wildman–Crippen MR) is 106 cm³/mol. The first-order valence-corrected chi connectivity index (χ1v) is 9.61. The van der Waals surface area contributed by atoms with Gasteiger partial charge in [0.25, 0.3) is 5.56 Å². The molecule has 3 heterocycles. The molecule has 5 rings (SSSR count). The molecule has 150 valence electrons. The molecule has 0 atom stereocenters. The van der Waals surface area contributed by atoms with Crippen molar-refractivity contribution < 1.29 is 13.9 Å². The zero-order chi connectivity index (χ0) is 20.7. The Balaban J connectivity index is 1.41. The summed E-state index contributed by atoms with van der Waals surface area (Å²) in [4.78, 5) is 29.3. The van der Waals surface area contributed by atoms with Gasteiger partial charge in [0.2, 0.25) is 0 Å². The molecule has 0 bridgehead atoms. The number of fused-ring (bicyclic) bond motifs is 2. The first-order valence-electron chi connectivity index (χ1n) is 9.61. The summed E-state index contributed by atoms with van der Waals surface area (Å²) in [5, 5.41) is 4.44. The summed E-state index contributed by atoms with van der Waals surface area (Å²) in [6, 6.07) is 12.6. The van der Waals surface area contributed by atoms with E-state index in [0.29, 0.717) is 17.0 Å². The van der Waals surface area contributed by atoms with Crippen LogP contribution < -0.4 is 5.56 Å². The monoisotopic (exact) mass is 404 g/mol. The minimum absolute atomic E-state index is 0.127. The van der Waals surface area contributed by atoms with E-state index >= 15 is 0 Å². The number of carbonyl (C=O) groups is 1. The maximum Gasteiger partial charge on any atom is 0.359 e. The number of aromatic nitrogens is 4. The topological polar surface area (TPSA) is 78.5 Å². The van der Waals surface area contributed by atoms with Gasteiger partial charge in [0.1, 0.15) is 18.1 Å². The number of halogens is 1. The van der Waals surface area contributed by atoms with Gasteiger partial charge in [-0.3, -0.25) is 9.20 Å². The molecule has 30 heavy (non-hydrogen) atoms. The van der Waals surface area contributed by atoms with E-state index in [1.165, 1.54) is 22.6 Å². The molecule has 1 aliphatic carbocycles. The smallest absolute Gasteiger partial charge is 0.359 e. The lowest BCUT2D eigenvalue weighted by molar-refractivity contribution is 0.0459. The molecule has 0 radical (unpaired) electrons. The Morgan fingerprint density at radius 1 is 1.13 bits per heavy atom. The van der Waals surface area contributed by atoms with Gasteiger partial charge in [-0.2, -0.15) is 5.10 Å². The highest BCUT2D eigenvalue weighted by Crippen LogP contribution is 2.28. The van der Waals surface area contributed by atoms with Gasteiger partial charge in [-0.1, -0.05) is 6.07 Å². The van der Waals surface area contributed by atoms with Crippen molar-refractivity contribution >= 4 is 11.6 Å². The zero-order valence-corrected chi connectivity index (χ0v) is 15.9. The Labute approximate surface area is 170 Å². The molecule has 0 aliphatic heterocycles. The third-order valence-corrected chi connectivity index (χ3v) is 5.17. The Hall–Kier alpha value is -3.81. The highest BCUT2D eigenvalue weighted by molar-refractivity contribution is 5.89. The molecule has 1 aliphatic rings. The fourth-order valence-corrected chi connectivity index (χ4v) is 3.78. The summed E-state index contributed by atoms with van der Waals surface area (Å²) in [6.07, 6.45) is 4.07. The highest BCUT2D eigenvalue weighted by atomic mass is 19.1. The molecule has 0 amide bonds. The number of benzene rings is 1. The van der Waals surface area contributed by atoms with Crippen LogP contribution in [0.4, 0.5) is 4.39 Å². The summed E-state index contributed by atoms with van der Waals surface area (Å²) in [6.45, 7) is -0.127. The van der Waals surface area contributed by atoms with Crippen LogP contribution >= 0.6 is 0 Å². The zero-order valence-electron chi connectivity index (χ0n) is 15.9. The fraction of sp³-hybridized carbons (Fsp3) is 0.182. The maximum absolute atomic E-state index is 13.3. The molecule has 0 fully saturated rings. The van der Waals surface area contributed by atoms with Gasteiger partial charge in [-0.05, 0) is 55.7 Å². The van der Waals surface area contributed by atoms with E-state index in [-0.39, 0.29) is 23.7 Å². The second-order valence-electron chi connectivity index (χ2n) is 7.11. The minimum Gasteiger partial charge on any atom is -0.454 e. The number of rotatable bonds is 4. The van der Waals surface area contributed by atoms with E-state index in [2.05, 4.69) is 10.1 Å². The van der Waals surface area contributed by atoms with Crippen LogP contribution in [0.25, 0.3) is 11.3 Å². The number of nitrogens with zero attached hydrogens (tertiary/aromatic N) is 4. The van der Waals surface area contributed by atoms with Crippen LogP contribution in [0, 0.1) is 5.82 Å². The molecule has 0 spiro atoms. The largest absolute Gasteiger partial charge is 0.454 e. The van der Waals surface area contributed by atoms with Crippen molar-refractivity contribution in [1.82, 2.24) is 19.2 Å². The Morgan fingerprint density at radius 3 is 2.80 bits per heavy atom. The lowest BCUT2D eigenvalue weighted by Crippen LogP contribution is -2.16. The molecular weight excluding hydrogens is 387 g/mol. The van der Waals surface area contributed by atoms with Gasteiger partial charge >= 0.3 is 5.97 Å². The van der Waals surface area contributed by atoms with Crippen molar-refractivity contribution in [2.45, 2.75) is 25.9 Å². The minimum atomic E-state index is -0.566. The number of pyridine rings is 1. The van der Waals surface area contributed by atoms with Crippen LogP contribution in [-0.2, 0) is 24.2 Å². The number of hydrogen-bond acceptors (Lipinski definition) is 5. The molecule has 0 unspecified atom stereocenters. The van der Waals surface area contributed by atoms with Crippen molar-refractivity contribution in [1.29, 1.82) is 0 Å². The standard InChI is InChI=1S/C22H17FN4O3/c23-14-7-9-16(10-8-14)27-18-5-3-4-17(18)21(25-27)22(29)30-13-15-12-20(28)26-11-2-1-6-19(26)24-15/h1-2,6-12H,3-5,13H2. The molecule has 4 aromatic rings. The molecule has 0 saturated heterocycles. The van der Waals surface area contributed by atoms with Crippen LogP contribution in [0.1, 0.15) is 33.9 Å². The fourth-order valence-electron chi connectivity index (χ4n) is 3.78. The van der Waals surface area contributed by atoms with E-state index in [1.807, 2.05) is 0 Å². The van der Waals surface area contributed by atoms with Crippen molar-refractivity contribution in [3.63, 3.8) is 0 Å². The summed E-state index contributed by atoms with van der Waals surface area (Å²) in [5.74, 6) is -0.898. The van der Waals surface area contributed by atoms with Crippen LogP contribution in [-0.4, -0.2) is 25.1 Å². The van der Waals surface area contributed by atoms with E-state index in [9.17, 15) is 14.0 Å². The second kappa shape index (κ2) is 7.22. The van der Waals surface area contributed by atoms with Crippen LogP contribution in [0.15, 0.2) is 59.5 Å². The van der Waals surface area contributed by atoms with Crippen LogP contribution in [0.2, 0.25) is 0 Å². The van der Waals surface area contributed by atoms with E-state index in [4.69, 9.17) is 4.74 Å². The van der Waals surface area contributed by atoms with Crippen LogP contribution in [0.5, 0.6) is 0 Å². The second-order valence-corrected chi connectivity index (χ2v) is 7.11. The van der Waals surface area contributed by atoms with Crippen molar-refractivity contribution in [2.75, 3.05) is 0 Å². The van der Waals surface area contributed by atoms with E-state index < -0.39 is 5.97 Å². The first kappa shape index (κ1) is 18.2. The summed E-state index contributed by atoms with van der Waals surface area (Å²) in [5.41, 5.74) is 3.36. The third-order valence-electron chi connectivity index (χ3n) is 5.17. The van der Waals surface area contributed by atoms with Gasteiger partial charge in [-0.25, -0.2) is 18.9 Å². The molecule has 1 aromatic carbocycles. The molecular formula is C22H17FN4O3.